The van der Waals surface area contributed by atoms with Crippen LogP contribution in [0.2, 0.25) is 10.0 Å². The van der Waals surface area contributed by atoms with Crippen molar-refractivity contribution in [3.63, 3.8) is 0 Å². The molecule has 0 radical (unpaired) electrons. The summed E-state index contributed by atoms with van der Waals surface area (Å²) in [6, 6.07) is 11.8. The van der Waals surface area contributed by atoms with Crippen LogP contribution < -0.4 is 10.2 Å². The normalized spacial score (nSPS) is 14.5. The fourth-order valence-corrected chi connectivity index (χ4v) is 4.60. The van der Waals surface area contributed by atoms with Crippen molar-refractivity contribution in [2.75, 3.05) is 44.2 Å². The van der Waals surface area contributed by atoms with Gasteiger partial charge in [-0.1, -0.05) is 29.3 Å². The van der Waals surface area contributed by atoms with Gasteiger partial charge in [0.15, 0.2) is 0 Å². The lowest BCUT2D eigenvalue weighted by Crippen LogP contribution is -2.48. The minimum atomic E-state index is -0.302. The van der Waals surface area contributed by atoms with Crippen LogP contribution in [0.1, 0.15) is 22.0 Å². The first kappa shape index (κ1) is 23.5. The topological polar surface area (TPSA) is 53.4 Å². The Labute approximate surface area is 202 Å². The number of nitrogens with one attached hydrogen (secondary N) is 1. The number of hydrogen-bond donors (Lipinski definition) is 1. The van der Waals surface area contributed by atoms with Gasteiger partial charge in [0.05, 0.1) is 21.4 Å². The summed E-state index contributed by atoms with van der Waals surface area (Å²) in [6.07, 6.45) is 0. The van der Waals surface area contributed by atoms with Crippen molar-refractivity contribution in [2.24, 2.45) is 0 Å². The van der Waals surface area contributed by atoms with Gasteiger partial charge < -0.3 is 14.8 Å². The number of hydrogen-bond acceptors (Lipinski definition) is 4. The predicted molar refractivity (Wildman–Crippen MR) is 130 cm³/mol. The Kier molecular flexibility index (Phi) is 7.22. The first-order valence-electron chi connectivity index (χ1n) is 10.9. The molecule has 2 heterocycles. The number of halogens is 3. The monoisotopic (exact) mass is 489 g/mol. The van der Waals surface area contributed by atoms with Gasteiger partial charge in [-0.2, -0.15) is 0 Å². The van der Waals surface area contributed by atoms with Crippen molar-refractivity contribution in [1.29, 1.82) is 0 Å². The molecular weight excluding hydrogens is 464 g/mol. The smallest absolute Gasteiger partial charge is 0.271 e. The molecule has 1 aliphatic rings. The van der Waals surface area contributed by atoms with Crippen LogP contribution in [0.5, 0.6) is 0 Å². The van der Waals surface area contributed by atoms with Gasteiger partial charge in [-0.05, 0) is 50.2 Å². The zero-order valence-electron chi connectivity index (χ0n) is 18.6. The first-order chi connectivity index (χ1) is 15.8. The molecule has 0 spiro atoms. The molecule has 3 aromatic rings. The summed E-state index contributed by atoms with van der Waals surface area (Å²) >= 11 is 12.5. The number of aryl methyl sites for hydroxylation is 1. The predicted octanol–water partition coefficient (Wildman–Crippen LogP) is 4.49. The SMILES string of the molecule is Cc1nc(C(=O)NCCN2CCN(c3cccc(Cl)c3Cl)CC2)c(C)n1-c1ccc(F)cc1. The molecule has 1 aromatic heterocycles. The summed E-state index contributed by atoms with van der Waals surface area (Å²) in [4.78, 5) is 21.8. The number of piperazine rings is 1. The molecular formula is C24H26Cl2FN5O. The molecule has 1 N–H and O–H groups in total. The molecule has 9 heteroatoms. The number of amides is 1. The molecule has 2 aromatic carbocycles. The largest absolute Gasteiger partial charge is 0.368 e. The number of rotatable bonds is 6. The summed E-state index contributed by atoms with van der Waals surface area (Å²) in [6.45, 7) is 8.38. The second-order valence-electron chi connectivity index (χ2n) is 8.06. The van der Waals surface area contributed by atoms with Crippen LogP contribution >= 0.6 is 23.2 Å². The number of aromatic nitrogens is 2. The Morgan fingerprint density at radius 1 is 1.06 bits per heavy atom. The highest BCUT2D eigenvalue weighted by Crippen LogP contribution is 2.32. The molecule has 6 nitrogen and oxygen atoms in total. The van der Waals surface area contributed by atoms with Crippen LogP contribution in [-0.4, -0.2) is 59.6 Å². The van der Waals surface area contributed by atoms with Gasteiger partial charge in [0.25, 0.3) is 5.91 Å². The zero-order chi connectivity index (χ0) is 23.5. The van der Waals surface area contributed by atoms with Crippen LogP contribution in [0.4, 0.5) is 10.1 Å². The Hall–Kier alpha value is -2.61. The zero-order valence-corrected chi connectivity index (χ0v) is 20.1. The molecule has 1 fully saturated rings. The van der Waals surface area contributed by atoms with Gasteiger partial charge in [0, 0.05) is 45.0 Å². The minimum absolute atomic E-state index is 0.208. The number of nitrogens with zero attached hydrogens (tertiary/aromatic N) is 4. The summed E-state index contributed by atoms with van der Waals surface area (Å²) in [5.74, 6) is 0.171. The summed E-state index contributed by atoms with van der Waals surface area (Å²) in [7, 11) is 0. The van der Waals surface area contributed by atoms with Gasteiger partial charge in [0.1, 0.15) is 17.3 Å². The fourth-order valence-electron chi connectivity index (χ4n) is 4.19. The van der Waals surface area contributed by atoms with E-state index in [0.717, 1.165) is 49.8 Å². The van der Waals surface area contributed by atoms with Crippen LogP contribution in [0.3, 0.4) is 0 Å². The molecule has 1 aliphatic heterocycles. The third-order valence-electron chi connectivity index (χ3n) is 5.93. The summed E-state index contributed by atoms with van der Waals surface area (Å²) in [5, 5.41) is 4.13. The molecule has 0 atom stereocenters. The highest BCUT2D eigenvalue weighted by atomic mass is 35.5. The quantitative estimate of drug-likeness (QED) is 0.554. The maximum Gasteiger partial charge on any atom is 0.271 e. The standard InChI is InChI=1S/C24H26Cl2FN5O/c1-16-23(29-17(2)32(16)19-8-6-18(27)7-9-19)24(33)28-10-11-30-12-14-31(15-13-30)21-5-3-4-20(25)22(21)26/h3-9H,10-15H2,1-2H3,(H,28,33). The molecule has 33 heavy (non-hydrogen) atoms. The van der Waals surface area contributed by atoms with E-state index in [0.29, 0.717) is 28.1 Å². The van der Waals surface area contributed by atoms with Crippen LogP contribution in [0.15, 0.2) is 42.5 Å². The van der Waals surface area contributed by atoms with E-state index in [2.05, 4.69) is 20.1 Å². The van der Waals surface area contributed by atoms with E-state index in [-0.39, 0.29) is 11.7 Å². The minimum Gasteiger partial charge on any atom is -0.368 e. The Morgan fingerprint density at radius 3 is 2.45 bits per heavy atom. The number of anilines is 1. The van der Waals surface area contributed by atoms with E-state index in [4.69, 9.17) is 23.2 Å². The summed E-state index contributed by atoms with van der Waals surface area (Å²) in [5.41, 5.74) is 2.84. The average Bonchev–Trinajstić information content (AvgIpc) is 3.11. The van der Waals surface area contributed by atoms with E-state index < -0.39 is 0 Å². The highest BCUT2D eigenvalue weighted by Gasteiger charge is 2.21. The maximum atomic E-state index is 13.3. The van der Waals surface area contributed by atoms with Gasteiger partial charge in [-0.25, -0.2) is 9.37 Å². The lowest BCUT2D eigenvalue weighted by molar-refractivity contribution is 0.0942. The molecule has 0 aliphatic carbocycles. The van der Waals surface area contributed by atoms with Crippen LogP contribution in [-0.2, 0) is 0 Å². The molecule has 0 bridgehead atoms. The second-order valence-corrected chi connectivity index (χ2v) is 8.85. The lowest BCUT2D eigenvalue weighted by Gasteiger charge is -2.36. The number of benzene rings is 2. The molecule has 4 rings (SSSR count). The van der Waals surface area contributed by atoms with Crippen molar-refractivity contribution < 1.29 is 9.18 Å². The van der Waals surface area contributed by atoms with Gasteiger partial charge in [-0.15, -0.1) is 0 Å². The van der Waals surface area contributed by atoms with E-state index in [9.17, 15) is 9.18 Å². The first-order valence-corrected chi connectivity index (χ1v) is 11.6. The van der Waals surface area contributed by atoms with Crippen molar-refractivity contribution in [1.82, 2.24) is 19.8 Å². The van der Waals surface area contributed by atoms with Crippen molar-refractivity contribution in [2.45, 2.75) is 13.8 Å². The van der Waals surface area contributed by atoms with Crippen molar-refractivity contribution >= 4 is 34.8 Å². The van der Waals surface area contributed by atoms with Crippen LogP contribution in [0.25, 0.3) is 5.69 Å². The van der Waals surface area contributed by atoms with Crippen LogP contribution in [0, 0.1) is 19.7 Å². The maximum absolute atomic E-state index is 13.3. The average molecular weight is 490 g/mol. The molecule has 0 unspecified atom stereocenters. The molecule has 174 valence electrons. The fraction of sp³-hybridized carbons (Fsp3) is 0.333. The Bertz CT molecular complexity index is 1140. The Balaban J connectivity index is 1.30. The van der Waals surface area contributed by atoms with Gasteiger partial charge in [0.2, 0.25) is 0 Å². The molecule has 0 saturated carbocycles. The highest BCUT2D eigenvalue weighted by molar-refractivity contribution is 6.43. The van der Waals surface area contributed by atoms with E-state index in [1.807, 2.05) is 30.5 Å². The lowest BCUT2D eigenvalue weighted by atomic mass is 10.2. The van der Waals surface area contributed by atoms with Crippen molar-refractivity contribution in [3.8, 4) is 5.69 Å². The van der Waals surface area contributed by atoms with E-state index >= 15 is 0 Å². The molecule has 1 saturated heterocycles. The number of carbonyl (C=O) groups excluding carboxylic acids is 1. The number of carbonyl (C=O) groups is 1. The third-order valence-corrected chi connectivity index (χ3v) is 6.74. The molecule has 1 amide bonds. The third kappa shape index (κ3) is 5.16. The second kappa shape index (κ2) is 10.1. The van der Waals surface area contributed by atoms with E-state index in [1.165, 1.54) is 12.1 Å². The van der Waals surface area contributed by atoms with Gasteiger partial charge >= 0.3 is 0 Å². The van der Waals surface area contributed by atoms with Crippen molar-refractivity contribution in [3.05, 3.63) is 75.5 Å². The summed E-state index contributed by atoms with van der Waals surface area (Å²) < 4.78 is 15.1. The Morgan fingerprint density at radius 2 is 1.76 bits per heavy atom. The van der Waals surface area contributed by atoms with Gasteiger partial charge in [-0.3, -0.25) is 9.69 Å². The number of imidazole rings is 1. The van der Waals surface area contributed by atoms with E-state index in [1.54, 1.807) is 18.2 Å².